The summed E-state index contributed by atoms with van der Waals surface area (Å²) < 4.78 is 7.68. The largest absolute Gasteiger partial charge is 0.459 e. The zero-order valence-electron chi connectivity index (χ0n) is 16.4. The molecule has 2 aromatic rings. The fraction of sp³-hybridized carbons (Fsp3) is 0.500. The number of amides is 1. The first kappa shape index (κ1) is 19.9. The number of rotatable bonds is 3. The first-order chi connectivity index (χ1) is 13.2. The van der Waals surface area contributed by atoms with E-state index in [1.165, 1.54) is 4.57 Å². The lowest BCUT2D eigenvalue weighted by atomic mass is 10.1. The topological polar surface area (TPSA) is 99.4 Å². The smallest absolute Gasteiger partial charge is 0.326 e. The lowest BCUT2D eigenvalue weighted by molar-refractivity contribution is -0.155. The molecule has 0 aliphatic carbocycles. The summed E-state index contributed by atoms with van der Waals surface area (Å²) in [6.07, 6.45) is 2.07. The molecule has 150 valence electrons. The zero-order chi connectivity index (χ0) is 20.5. The number of benzene rings is 1. The summed E-state index contributed by atoms with van der Waals surface area (Å²) in [7, 11) is 0. The highest BCUT2D eigenvalue weighted by molar-refractivity contribution is 5.84. The van der Waals surface area contributed by atoms with Gasteiger partial charge in [-0.1, -0.05) is 12.1 Å². The molecule has 0 radical (unpaired) electrons. The number of nitrogens with one attached hydrogen (secondary N) is 1. The SMILES string of the molecule is CC(C)(C)OC(=O)Cn1c(=O)c(=O)n(C2CCCCNC2=O)c2ccccc21. The Balaban J connectivity index is 2.15. The number of fused-ring (bicyclic) bond motifs is 1. The van der Waals surface area contributed by atoms with Crippen LogP contribution in [-0.4, -0.2) is 33.2 Å². The van der Waals surface area contributed by atoms with Gasteiger partial charge in [-0.05, 0) is 52.2 Å². The van der Waals surface area contributed by atoms with Crippen molar-refractivity contribution >= 4 is 22.9 Å². The van der Waals surface area contributed by atoms with Crippen LogP contribution in [0.15, 0.2) is 33.9 Å². The molecule has 1 aliphatic heterocycles. The monoisotopic (exact) mass is 387 g/mol. The van der Waals surface area contributed by atoms with Gasteiger partial charge >= 0.3 is 17.1 Å². The van der Waals surface area contributed by atoms with Gasteiger partial charge in [-0.25, -0.2) is 0 Å². The average molecular weight is 387 g/mol. The Hall–Kier alpha value is -2.90. The molecule has 28 heavy (non-hydrogen) atoms. The van der Waals surface area contributed by atoms with Crippen LogP contribution < -0.4 is 16.4 Å². The van der Waals surface area contributed by atoms with Crippen molar-refractivity contribution < 1.29 is 14.3 Å². The Morgan fingerprint density at radius 3 is 2.46 bits per heavy atom. The molecule has 3 rings (SSSR count). The number of nitrogens with zero attached hydrogens (tertiary/aromatic N) is 2. The standard InChI is InChI=1S/C20H25N3O5/c1-20(2,3)28-16(24)12-22-13-8-4-5-9-14(13)23(19(27)18(22)26)15-10-6-7-11-21-17(15)25/h4-5,8-9,15H,6-7,10-12H2,1-3H3,(H,21,25). The number of carbonyl (C=O) groups is 2. The van der Waals surface area contributed by atoms with Crippen molar-refractivity contribution in [3.8, 4) is 0 Å². The predicted molar refractivity (Wildman–Crippen MR) is 104 cm³/mol. The number of esters is 1. The van der Waals surface area contributed by atoms with E-state index in [0.717, 1.165) is 17.4 Å². The Bertz CT molecular complexity index is 1030. The number of ether oxygens (including phenoxy) is 1. The maximum Gasteiger partial charge on any atom is 0.326 e. The highest BCUT2D eigenvalue weighted by Crippen LogP contribution is 2.21. The van der Waals surface area contributed by atoms with Crippen LogP contribution in [0.25, 0.3) is 11.0 Å². The molecule has 8 heteroatoms. The minimum Gasteiger partial charge on any atom is -0.459 e. The Labute approximate surface area is 162 Å². The lowest BCUT2D eigenvalue weighted by Crippen LogP contribution is -2.46. The van der Waals surface area contributed by atoms with E-state index in [-0.39, 0.29) is 12.5 Å². The molecule has 1 saturated heterocycles. The normalized spacial score (nSPS) is 17.8. The van der Waals surface area contributed by atoms with Crippen molar-refractivity contribution in [1.82, 2.24) is 14.5 Å². The van der Waals surface area contributed by atoms with Gasteiger partial charge in [0.15, 0.2) is 0 Å². The summed E-state index contributed by atoms with van der Waals surface area (Å²) in [4.78, 5) is 50.5. The molecule has 1 unspecified atom stereocenters. The fourth-order valence-electron chi connectivity index (χ4n) is 3.47. The number of hydrogen-bond acceptors (Lipinski definition) is 5. The van der Waals surface area contributed by atoms with Gasteiger partial charge in [-0.2, -0.15) is 0 Å². The summed E-state index contributed by atoms with van der Waals surface area (Å²) in [6, 6.07) is 6.04. The Morgan fingerprint density at radius 1 is 1.11 bits per heavy atom. The molecular weight excluding hydrogens is 362 g/mol. The minimum atomic E-state index is -0.846. The van der Waals surface area contributed by atoms with E-state index in [1.54, 1.807) is 45.0 Å². The molecule has 1 aromatic heterocycles. The maximum atomic E-state index is 12.9. The summed E-state index contributed by atoms with van der Waals surface area (Å²) in [5, 5.41) is 2.80. The summed E-state index contributed by atoms with van der Waals surface area (Å²) >= 11 is 0. The van der Waals surface area contributed by atoms with Crippen molar-refractivity contribution in [3.05, 3.63) is 45.0 Å². The second-order valence-corrected chi connectivity index (χ2v) is 7.94. The molecular formula is C20H25N3O5. The van der Waals surface area contributed by atoms with Gasteiger partial charge in [0.05, 0.1) is 11.0 Å². The third-order valence-corrected chi connectivity index (χ3v) is 4.60. The second kappa shape index (κ2) is 7.61. The summed E-state index contributed by atoms with van der Waals surface area (Å²) in [6.45, 7) is 5.37. The molecule has 0 saturated carbocycles. The van der Waals surface area contributed by atoms with Gasteiger partial charge in [0.2, 0.25) is 5.91 Å². The van der Waals surface area contributed by atoms with Gasteiger partial charge in [0, 0.05) is 6.54 Å². The van der Waals surface area contributed by atoms with Crippen molar-refractivity contribution in [2.24, 2.45) is 0 Å². The number of para-hydroxylation sites is 2. The van der Waals surface area contributed by atoms with E-state index in [0.29, 0.717) is 24.0 Å². The lowest BCUT2D eigenvalue weighted by Gasteiger charge is -2.22. The molecule has 0 bridgehead atoms. The van der Waals surface area contributed by atoms with E-state index >= 15 is 0 Å². The number of carbonyl (C=O) groups excluding carboxylic acids is 2. The Kier molecular flexibility index (Phi) is 5.40. The van der Waals surface area contributed by atoms with E-state index in [4.69, 9.17) is 4.74 Å². The van der Waals surface area contributed by atoms with Crippen LogP contribution in [0.4, 0.5) is 0 Å². The van der Waals surface area contributed by atoms with Gasteiger partial charge in [-0.3, -0.25) is 28.3 Å². The number of hydrogen-bond donors (Lipinski definition) is 1. The average Bonchev–Trinajstić information content (AvgIpc) is 2.82. The van der Waals surface area contributed by atoms with Crippen LogP contribution in [0.1, 0.15) is 46.1 Å². The maximum absolute atomic E-state index is 12.9. The van der Waals surface area contributed by atoms with E-state index in [2.05, 4.69) is 5.32 Å². The Morgan fingerprint density at radius 2 is 1.79 bits per heavy atom. The van der Waals surface area contributed by atoms with Crippen LogP contribution >= 0.6 is 0 Å². The third-order valence-electron chi connectivity index (χ3n) is 4.60. The zero-order valence-corrected chi connectivity index (χ0v) is 16.4. The van der Waals surface area contributed by atoms with Gasteiger partial charge < -0.3 is 10.1 Å². The molecule has 1 aromatic carbocycles. The summed E-state index contributed by atoms with van der Waals surface area (Å²) in [5.41, 5.74) is -1.51. The van der Waals surface area contributed by atoms with Crippen LogP contribution in [0, 0.1) is 0 Å². The molecule has 0 spiro atoms. The van der Waals surface area contributed by atoms with Crippen LogP contribution in [-0.2, 0) is 20.9 Å². The van der Waals surface area contributed by atoms with Gasteiger partial charge in [-0.15, -0.1) is 0 Å². The van der Waals surface area contributed by atoms with Crippen LogP contribution in [0.3, 0.4) is 0 Å². The third kappa shape index (κ3) is 4.00. The van der Waals surface area contributed by atoms with Gasteiger partial charge in [0.25, 0.3) is 0 Å². The first-order valence-corrected chi connectivity index (χ1v) is 9.42. The summed E-state index contributed by atoms with van der Waals surface area (Å²) in [5.74, 6) is -0.877. The predicted octanol–water partition coefficient (Wildman–Crippen LogP) is 1.35. The molecule has 8 nitrogen and oxygen atoms in total. The fourth-order valence-corrected chi connectivity index (χ4v) is 3.47. The molecule has 1 N–H and O–H groups in total. The first-order valence-electron chi connectivity index (χ1n) is 9.42. The minimum absolute atomic E-state index is 0.269. The van der Waals surface area contributed by atoms with E-state index in [9.17, 15) is 19.2 Å². The quantitative estimate of drug-likeness (QED) is 0.633. The van der Waals surface area contributed by atoms with Crippen molar-refractivity contribution in [2.45, 2.75) is 58.2 Å². The second-order valence-electron chi connectivity index (χ2n) is 7.94. The molecule has 1 amide bonds. The van der Waals surface area contributed by atoms with E-state index in [1.807, 2.05) is 0 Å². The molecule has 1 fully saturated rings. The van der Waals surface area contributed by atoms with Crippen molar-refractivity contribution in [1.29, 1.82) is 0 Å². The highest BCUT2D eigenvalue weighted by Gasteiger charge is 2.27. The van der Waals surface area contributed by atoms with Gasteiger partial charge in [0.1, 0.15) is 18.2 Å². The van der Waals surface area contributed by atoms with Crippen molar-refractivity contribution in [3.63, 3.8) is 0 Å². The highest BCUT2D eigenvalue weighted by atomic mass is 16.6. The van der Waals surface area contributed by atoms with Crippen LogP contribution in [0.5, 0.6) is 0 Å². The molecule has 1 aliphatic rings. The molecule has 1 atom stereocenters. The number of aromatic nitrogens is 2. The van der Waals surface area contributed by atoms with Crippen LogP contribution in [0.2, 0.25) is 0 Å². The van der Waals surface area contributed by atoms with Crippen molar-refractivity contribution in [2.75, 3.05) is 6.54 Å². The molecule has 2 heterocycles. The van der Waals surface area contributed by atoms with E-state index < -0.39 is 28.7 Å².